The fourth-order valence-corrected chi connectivity index (χ4v) is 7.68. The lowest BCUT2D eigenvalue weighted by Crippen LogP contribution is -1.94. The maximum absolute atomic E-state index is 2.45. The Morgan fingerprint density at radius 1 is 0.233 bits per heavy atom. The van der Waals surface area contributed by atoms with E-state index < -0.39 is 0 Å². The van der Waals surface area contributed by atoms with Crippen LogP contribution in [0.15, 0.2) is 152 Å². The van der Waals surface area contributed by atoms with Crippen LogP contribution in [-0.2, 0) is 0 Å². The van der Waals surface area contributed by atoms with Crippen molar-refractivity contribution in [2.45, 2.75) is 0 Å². The summed E-state index contributed by atoms with van der Waals surface area (Å²) in [7, 11) is 0. The first-order valence-corrected chi connectivity index (χ1v) is 15.0. The van der Waals surface area contributed by atoms with E-state index in [4.69, 9.17) is 0 Å². The third kappa shape index (κ3) is 3.06. The Labute approximate surface area is 247 Å². The predicted molar refractivity (Wildman–Crippen MR) is 186 cm³/mol. The van der Waals surface area contributed by atoms with Gasteiger partial charge < -0.3 is 4.57 Å². The molecular formula is C42H25N. The van der Waals surface area contributed by atoms with Crippen molar-refractivity contribution in [3.63, 3.8) is 0 Å². The van der Waals surface area contributed by atoms with Crippen LogP contribution in [-0.4, -0.2) is 4.57 Å². The summed E-state index contributed by atoms with van der Waals surface area (Å²) in [5.41, 5.74) is 3.65. The molecule has 0 fully saturated rings. The Morgan fingerprint density at radius 3 is 0.953 bits per heavy atom. The smallest absolute Gasteiger partial charge is 0.0541 e. The van der Waals surface area contributed by atoms with Crippen molar-refractivity contribution in [1.82, 2.24) is 4.57 Å². The van der Waals surface area contributed by atoms with Crippen LogP contribution >= 0.6 is 0 Å². The van der Waals surface area contributed by atoms with Crippen molar-refractivity contribution < 1.29 is 0 Å². The van der Waals surface area contributed by atoms with Gasteiger partial charge in [-0.25, -0.2) is 0 Å². The Balaban J connectivity index is 1.38. The van der Waals surface area contributed by atoms with Crippen molar-refractivity contribution in [2.75, 3.05) is 0 Å². The average molecular weight is 544 g/mol. The predicted octanol–water partition coefficient (Wildman–Crippen LogP) is 11.7. The quantitative estimate of drug-likeness (QED) is 0.143. The summed E-state index contributed by atoms with van der Waals surface area (Å²) < 4.78 is 2.42. The van der Waals surface area contributed by atoms with Crippen LogP contribution < -0.4 is 0 Å². The van der Waals surface area contributed by atoms with Crippen LogP contribution in [0.1, 0.15) is 0 Å². The summed E-state index contributed by atoms with van der Waals surface area (Å²) >= 11 is 0. The zero-order valence-electron chi connectivity index (χ0n) is 23.4. The number of aromatic nitrogens is 1. The molecule has 0 unspecified atom stereocenters. The monoisotopic (exact) mass is 543 g/mol. The fraction of sp³-hybridized carbons (Fsp3) is 0. The average Bonchev–Trinajstić information content (AvgIpc) is 3.42. The van der Waals surface area contributed by atoms with Gasteiger partial charge in [0.15, 0.2) is 0 Å². The van der Waals surface area contributed by atoms with E-state index in [1.54, 1.807) is 0 Å². The molecule has 0 aliphatic rings. The van der Waals surface area contributed by atoms with E-state index in [1.807, 2.05) is 0 Å². The molecule has 0 radical (unpaired) electrons. The van der Waals surface area contributed by atoms with Crippen molar-refractivity contribution in [3.05, 3.63) is 152 Å². The summed E-state index contributed by atoms with van der Waals surface area (Å²) in [5.74, 6) is 0. The number of fused-ring (bicyclic) bond motifs is 15. The first-order valence-electron chi connectivity index (χ1n) is 15.0. The lowest BCUT2D eigenvalue weighted by atomic mass is 9.88. The lowest BCUT2D eigenvalue weighted by Gasteiger charge is -2.16. The van der Waals surface area contributed by atoms with Gasteiger partial charge in [0.1, 0.15) is 0 Å². The standard InChI is InChI=1S/C42H25N/c1-3-13-29-27(11-1)28-12-2-4-14-30(28)38-25-40-33-22-21-26(23-36(33)31-15-5-6-16-32(31)39(40)24-37(29)38)43-41-19-9-7-17-34(41)35-18-8-10-20-42(35)43/h1-25H. The van der Waals surface area contributed by atoms with Crippen LogP contribution in [0.4, 0.5) is 0 Å². The van der Waals surface area contributed by atoms with Gasteiger partial charge in [0.25, 0.3) is 0 Å². The lowest BCUT2D eigenvalue weighted by molar-refractivity contribution is 1.19. The van der Waals surface area contributed by atoms with E-state index in [-0.39, 0.29) is 0 Å². The first-order chi connectivity index (χ1) is 21.3. The maximum atomic E-state index is 2.45. The fourth-order valence-electron chi connectivity index (χ4n) is 7.68. The summed E-state index contributed by atoms with van der Waals surface area (Å²) in [6.45, 7) is 0. The Morgan fingerprint density at radius 2 is 0.535 bits per heavy atom. The molecule has 0 bridgehead atoms. The minimum absolute atomic E-state index is 1.19. The number of nitrogens with zero attached hydrogens (tertiary/aromatic N) is 1. The van der Waals surface area contributed by atoms with Crippen molar-refractivity contribution in [1.29, 1.82) is 0 Å². The number of hydrogen-bond acceptors (Lipinski definition) is 0. The van der Waals surface area contributed by atoms with Crippen LogP contribution in [0.3, 0.4) is 0 Å². The molecule has 0 saturated heterocycles. The van der Waals surface area contributed by atoms with Crippen molar-refractivity contribution in [2.24, 2.45) is 0 Å². The topological polar surface area (TPSA) is 4.93 Å². The number of hydrogen-bond donors (Lipinski definition) is 0. The summed E-state index contributed by atoms with van der Waals surface area (Å²) in [6, 6.07) is 56.1. The van der Waals surface area contributed by atoms with E-state index in [0.717, 1.165) is 0 Å². The molecule has 0 spiro atoms. The van der Waals surface area contributed by atoms with Gasteiger partial charge in [0.2, 0.25) is 0 Å². The highest BCUT2D eigenvalue weighted by atomic mass is 15.0. The van der Waals surface area contributed by atoms with E-state index in [9.17, 15) is 0 Å². The molecule has 9 aromatic carbocycles. The van der Waals surface area contributed by atoms with E-state index in [2.05, 4.69) is 156 Å². The van der Waals surface area contributed by atoms with Crippen LogP contribution in [0.2, 0.25) is 0 Å². The summed E-state index contributed by atoms with van der Waals surface area (Å²) in [4.78, 5) is 0. The minimum atomic E-state index is 1.19. The zero-order valence-corrected chi connectivity index (χ0v) is 23.4. The Bertz CT molecular complexity index is 2730. The molecular weight excluding hydrogens is 518 g/mol. The van der Waals surface area contributed by atoms with Gasteiger partial charge in [0.05, 0.1) is 11.0 Å². The van der Waals surface area contributed by atoms with Crippen LogP contribution in [0.5, 0.6) is 0 Å². The normalized spacial score (nSPS) is 12.2. The SMILES string of the molecule is c1ccc2c(c1)c1ccccc1c1cc3c4ccc(-n5c6ccccc6c6ccccc65)cc4c4ccccc4c3cc21. The molecule has 43 heavy (non-hydrogen) atoms. The Kier molecular flexibility index (Phi) is 4.51. The minimum Gasteiger partial charge on any atom is -0.309 e. The highest BCUT2D eigenvalue weighted by Gasteiger charge is 2.16. The van der Waals surface area contributed by atoms with Crippen LogP contribution in [0, 0.1) is 0 Å². The molecule has 1 heteroatoms. The summed E-state index contributed by atoms with van der Waals surface area (Å²) in [6.07, 6.45) is 0. The molecule has 1 nitrogen and oxygen atoms in total. The molecule has 1 aromatic heterocycles. The zero-order chi connectivity index (χ0) is 28.1. The number of rotatable bonds is 1. The highest BCUT2D eigenvalue weighted by molar-refractivity contribution is 6.33. The molecule has 1 heterocycles. The molecule has 198 valence electrons. The van der Waals surface area contributed by atoms with Crippen LogP contribution in [0.25, 0.3) is 92.1 Å². The van der Waals surface area contributed by atoms with Gasteiger partial charge in [-0.2, -0.15) is 0 Å². The molecule has 10 aromatic rings. The molecule has 0 aliphatic carbocycles. The molecule has 0 saturated carbocycles. The number of benzene rings is 9. The third-order valence-corrected chi connectivity index (χ3v) is 9.52. The third-order valence-electron chi connectivity index (χ3n) is 9.52. The molecule has 0 atom stereocenters. The van der Waals surface area contributed by atoms with E-state index >= 15 is 0 Å². The molecule has 0 N–H and O–H groups in total. The molecule has 0 aliphatic heterocycles. The van der Waals surface area contributed by atoms with Gasteiger partial charge in [-0.05, 0) is 101 Å². The highest BCUT2D eigenvalue weighted by Crippen LogP contribution is 2.43. The van der Waals surface area contributed by atoms with Gasteiger partial charge in [-0.1, -0.05) is 115 Å². The largest absolute Gasteiger partial charge is 0.309 e. The van der Waals surface area contributed by atoms with Gasteiger partial charge in [-0.3, -0.25) is 0 Å². The van der Waals surface area contributed by atoms with Gasteiger partial charge >= 0.3 is 0 Å². The number of para-hydroxylation sites is 2. The van der Waals surface area contributed by atoms with Gasteiger partial charge in [-0.15, -0.1) is 0 Å². The molecule has 10 rings (SSSR count). The Hall–Kier alpha value is -5.66. The second-order valence-corrected chi connectivity index (χ2v) is 11.7. The summed E-state index contributed by atoms with van der Waals surface area (Å²) in [5, 5.41) is 18.2. The first kappa shape index (κ1) is 23.0. The van der Waals surface area contributed by atoms with Crippen molar-refractivity contribution in [3.8, 4) is 5.69 Å². The maximum Gasteiger partial charge on any atom is 0.0541 e. The van der Waals surface area contributed by atoms with Gasteiger partial charge in [0, 0.05) is 16.5 Å². The van der Waals surface area contributed by atoms with E-state index in [1.165, 1.54) is 92.1 Å². The second kappa shape index (κ2) is 8.44. The van der Waals surface area contributed by atoms with Crippen molar-refractivity contribution >= 4 is 86.4 Å². The molecule has 0 amide bonds. The van der Waals surface area contributed by atoms with E-state index in [0.29, 0.717) is 0 Å². The second-order valence-electron chi connectivity index (χ2n) is 11.7.